The molecule has 0 saturated heterocycles. The third kappa shape index (κ3) is 7.17. The summed E-state index contributed by atoms with van der Waals surface area (Å²) in [6, 6.07) is 20.4. The third-order valence-corrected chi connectivity index (χ3v) is 7.36. The molecule has 3 aromatic carbocycles. The Morgan fingerprint density at radius 1 is 1.09 bits per heavy atom. The van der Waals surface area contributed by atoms with E-state index in [-0.39, 0.29) is 17.2 Å². The summed E-state index contributed by atoms with van der Waals surface area (Å²) in [5, 5.41) is 8.77. The first kappa shape index (κ1) is 30.1. The zero-order chi connectivity index (χ0) is 30.6. The van der Waals surface area contributed by atoms with E-state index in [2.05, 4.69) is 46.5 Å². The molecule has 1 aliphatic heterocycles. The number of rotatable bonds is 12. The predicted octanol–water partition coefficient (Wildman–Crippen LogP) is 6.22. The summed E-state index contributed by atoms with van der Waals surface area (Å²) in [5.74, 6) is 1.32. The van der Waals surface area contributed by atoms with Crippen molar-refractivity contribution in [3.8, 4) is 11.5 Å². The second-order valence-corrected chi connectivity index (χ2v) is 12.0. The number of hydrogen-bond donors (Lipinski definition) is 3. The first-order valence-corrected chi connectivity index (χ1v) is 14.6. The molecule has 0 fully saturated rings. The Kier molecular flexibility index (Phi) is 9.01. The van der Waals surface area contributed by atoms with Gasteiger partial charge in [0.05, 0.1) is 19.3 Å². The van der Waals surface area contributed by atoms with Gasteiger partial charge >= 0.3 is 0 Å². The van der Waals surface area contributed by atoms with Gasteiger partial charge in [0.2, 0.25) is 0 Å². The maximum atomic E-state index is 16.5. The Morgan fingerprint density at radius 2 is 1.88 bits per heavy atom. The van der Waals surface area contributed by atoms with Crippen LogP contribution in [0.2, 0.25) is 0 Å². The Morgan fingerprint density at radius 3 is 2.63 bits per heavy atom. The van der Waals surface area contributed by atoms with Crippen LogP contribution in [-0.4, -0.2) is 56.1 Å². The lowest BCUT2D eigenvalue weighted by Gasteiger charge is -2.29. The van der Waals surface area contributed by atoms with Crippen LogP contribution in [-0.2, 0) is 0 Å². The number of pyridine rings is 1. The Balaban J connectivity index is 1.56. The van der Waals surface area contributed by atoms with Gasteiger partial charge in [-0.2, -0.15) is 0 Å². The number of hydrogen-bond acceptors (Lipinski definition) is 8. The number of fused-ring (bicyclic) bond motifs is 1. The van der Waals surface area contributed by atoms with E-state index in [0.717, 1.165) is 28.6 Å². The molecule has 0 aliphatic carbocycles. The lowest BCUT2D eigenvalue weighted by atomic mass is 9.94. The molecule has 0 radical (unpaired) electrons. The number of aromatic nitrogens is 1. The van der Waals surface area contributed by atoms with Crippen molar-refractivity contribution in [3.05, 3.63) is 89.9 Å². The van der Waals surface area contributed by atoms with E-state index in [1.807, 2.05) is 63.5 Å². The van der Waals surface area contributed by atoms with E-state index in [4.69, 9.17) is 20.2 Å². The van der Waals surface area contributed by atoms with Crippen LogP contribution in [0, 0.1) is 11.2 Å². The summed E-state index contributed by atoms with van der Waals surface area (Å²) in [6.07, 6.45) is 1.68. The highest BCUT2D eigenvalue weighted by atomic mass is 19.1. The van der Waals surface area contributed by atoms with Crippen molar-refractivity contribution in [1.82, 2.24) is 15.2 Å². The monoisotopic (exact) mass is 584 g/mol. The fraction of sp³-hybridized carbons (Fsp3) is 0.353. The molecule has 2 unspecified atom stereocenters. The predicted molar refractivity (Wildman–Crippen MR) is 173 cm³/mol. The highest BCUT2D eigenvalue weighted by Gasteiger charge is 2.31. The maximum Gasteiger partial charge on any atom is 0.171 e. The molecular formula is C34H41FN6O2. The number of aliphatic imine (C=N–C) groups is 1. The molecule has 1 aliphatic rings. The fourth-order valence-electron chi connectivity index (χ4n) is 5.59. The van der Waals surface area contributed by atoms with Gasteiger partial charge in [-0.1, -0.05) is 44.2 Å². The maximum absolute atomic E-state index is 16.5. The summed E-state index contributed by atoms with van der Waals surface area (Å²) >= 11 is 0. The van der Waals surface area contributed by atoms with E-state index in [1.165, 1.54) is 0 Å². The average Bonchev–Trinajstić information content (AvgIpc) is 3.46. The van der Waals surface area contributed by atoms with Crippen molar-refractivity contribution in [2.45, 2.75) is 32.9 Å². The van der Waals surface area contributed by atoms with Crippen LogP contribution in [0.15, 0.2) is 77.9 Å². The molecular weight excluding hydrogens is 543 g/mol. The minimum absolute atomic E-state index is 0.0938. The molecule has 8 nitrogen and oxygen atoms in total. The van der Waals surface area contributed by atoms with Crippen molar-refractivity contribution in [1.29, 1.82) is 0 Å². The number of amidine groups is 1. The number of nitrogens with two attached hydrogens (primary N) is 1. The number of ether oxygens (including phenoxy) is 2. The molecule has 0 bridgehead atoms. The van der Waals surface area contributed by atoms with Crippen LogP contribution in [0.25, 0.3) is 10.8 Å². The molecule has 2 atom stereocenters. The molecule has 0 amide bonds. The number of nitrogens with one attached hydrogen (secondary N) is 2. The van der Waals surface area contributed by atoms with Gasteiger partial charge < -0.3 is 30.7 Å². The number of anilines is 2. The minimum Gasteiger partial charge on any atom is -0.494 e. The third-order valence-electron chi connectivity index (χ3n) is 7.36. The highest BCUT2D eigenvalue weighted by molar-refractivity contribution is 5.95. The van der Waals surface area contributed by atoms with E-state index >= 15 is 4.39 Å². The molecule has 226 valence electrons. The van der Waals surface area contributed by atoms with Crippen LogP contribution < -0.4 is 25.8 Å². The molecule has 4 aromatic rings. The zero-order valence-corrected chi connectivity index (χ0v) is 25.5. The Labute approximate surface area is 253 Å². The molecule has 0 spiro atoms. The molecule has 43 heavy (non-hydrogen) atoms. The molecule has 5 rings (SSSR count). The molecule has 1 aromatic heterocycles. The van der Waals surface area contributed by atoms with Crippen LogP contribution in [0.1, 0.15) is 44.0 Å². The first-order chi connectivity index (χ1) is 20.6. The van der Waals surface area contributed by atoms with Gasteiger partial charge in [-0.3, -0.25) is 4.99 Å². The highest BCUT2D eigenvalue weighted by Crippen LogP contribution is 2.36. The van der Waals surface area contributed by atoms with Gasteiger partial charge in [-0.25, -0.2) is 9.37 Å². The summed E-state index contributed by atoms with van der Waals surface area (Å²) in [7, 11) is 4.03. The lowest BCUT2D eigenvalue weighted by molar-refractivity contribution is 0.137. The SMILES string of the molecule is CCOc1cc(OCC(C)(C)CN(C)C)c(F)c(C(Nc2ccc3c(N)nccc3c2)C2=NC(c3ccccc3)CN2)c1. The lowest BCUT2D eigenvalue weighted by Crippen LogP contribution is -2.34. The second kappa shape index (κ2) is 12.9. The van der Waals surface area contributed by atoms with Gasteiger partial charge in [0.15, 0.2) is 11.6 Å². The minimum atomic E-state index is -0.650. The number of nitrogen functional groups attached to an aromatic ring is 1. The molecule has 2 heterocycles. The van der Waals surface area contributed by atoms with Crippen LogP contribution in [0.4, 0.5) is 15.9 Å². The van der Waals surface area contributed by atoms with Gasteiger partial charge in [0.1, 0.15) is 23.4 Å². The average molecular weight is 585 g/mol. The molecule has 4 N–H and O–H groups in total. The molecule has 0 saturated carbocycles. The smallest absolute Gasteiger partial charge is 0.171 e. The Hall–Kier alpha value is -4.37. The van der Waals surface area contributed by atoms with E-state index in [9.17, 15) is 0 Å². The van der Waals surface area contributed by atoms with Crippen molar-refractivity contribution >= 4 is 28.1 Å². The topological polar surface area (TPSA) is 97.0 Å². The second-order valence-electron chi connectivity index (χ2n) is 12.0. The van der Waals surface area contributed by atoms with E-state index < -0.39 is 11.9 Å². The number of halogens is 1. The van der Waals surface area contributed by atoms with Gasteiger partial charge in [0, 0.05) is 47.4 Å². The van der Waals surface area contributed by atoms with E-state index in [1.54, 1.807) is 18.3 Å². The fourth-order valence-corrected chi connectivity index (χ4v) is 5.59. The van der Waals surface area contributed by atoms with Crippen molar-refractivity contribution in [3.63, 3.8) is 0 Å². The van der Waals surface area contributed by atoms with Gasteiger partial charge in [-0.05, 0) is 62.3 Å². The number of benzene rings is 3. The largest absolute Gasteiger partial charge is 0.494 e. The molecule has 9 heteroatoms. The zero-order valence-electron chi connectivity index (χ0n) is 25.5. The summed E-state index contributed by atoms with van der Waals surface area (Å²) in [4.78, 5) is 11.3. The van der Waals surface area contributed by atoms with Gasteiger partial charge in [-0.15, -0.1) is 0 Å². The normalized spacial score (nSPS) is 15.7. The number of nitrogens with zero attached hydrogens (tertiary/aromatic N) is 3. The van der Waals surface area contributed by atoms with Crippen molar-refractivity contribution < 1.29 is 13.9 Å². The summed E-state index contributed by atoms with van der Waals surface area (Å²) < 4.78 is 28.6. The standard InChI is InChI=1S/C34H41FN6O2/c1-6-42-25-17-27(30(35)29(18-25)43-21-34(2,3)20-41(4)5)31(33-38-19-28(40-33)22-10-8-7-9-11-22)39-24-12-13-26-23(16-24)14-15-37-32(26)36/h7-18,28,31,39H,6,19-21H2,1-5H3,(H2,36,37)(H,38,40). The van der Waals surface area contributed by atoms with Crippen molar-refractivity contribution in [2.75, 3.05) is 51.4 Å². The van der Waals surface area contributed by atoms with Crippen LogP contribution in [0.3, 0.4) is 0 Å². The first-order valence-electron chi connectivity index (χ1n) is 14.6. The quantitative estimate of drug-likeness (QED) is 0.182. The van der Waals surface area contributed by atoms with Crippen LogP contribution in [0.5, 0.6) is 11.5 Å². The van der Waals surface area contributed by atoms with Gasteiger partial charge in [0.25, 0.3) is 0 Å². The Bertz CT molecular complexity index is 1590. The summed E-state index contributed by atoms with van der Waals surface area (Å²) in [5.41, 5.74) is 8.15. The van der Waals surface area contributed by atoms with Crippen LogP contribution >= 0.6 is 0 Å². The summed E-state index contributed by atoms with van der Waals surface area (Å²) in [6.45, 7) is 8.28. The van der Waals surface area contributed by atoms with E-state index in [0.29, 0.717) is 42.7 Å². The van der Waals surface area contributed by atoms with Crippen molar-refractivity contribution in [2.24, 2.45) is 10.4 Å².